The maximum atomic E-state index is 12.8. The van der Waals surface area contributed by atoms with E-state index in [0.29, 0.717) is 17.8 Å². The van der Waals surface area contributed by atoms with E-state index in [0.717, 1.165) is 19.0 Å². The number of aromatic nitrogens is 1. The molecule has 2 saturated heterocycles. The van der Waals surface area contributed by atoms with Crippen molar-refractivity contribution in [2.45, 2.75) is 43.8 Å². The fourth-order valence-electron chi connectivity index (χ4n) is 3.19. The summed E-state index contributed by atoms with van der Waals surface area (Å²) in [5.74, 6) is -0.537. The molecule has 4 nitrogen and oxygen atoms in total. The van der Waals surface area contributed by atoms with Gasteiger partial charge in [-0.05, 0) is 37.8 Å². The van der Waals surface area contributed by atoms with Gasteiger partial charge in [0, 0.05) is 25.2 Å². The largest absolute Gasteiger partial charge is 0.337 e. The molecule has 1 amide bonds. The summed E-state index contributed by atoms with van der Waals surface area (Å²) < 4.78 is 12.8. The molecule has 2 fully saturated rings. The lowest BCUT2D eigenvalue weighted by atomic mass is 9.98. The van der Waals surface area contributed by atoms with E-state index >= 15 is 0 Å². The summed E-state index contributed by atoms with van der Waals surface area (Å²) in [6, 6.07) is 4.07. The van der Waals surface area contributed by atoms with E-state index in [1.165, 1.54) is 25.0 Å². The molecule has 5 heteroatoms. The molecule has 2 unspecified atom stereocenters. The summed E-state index contributed by atoms with van der Waals surface area (Å²) in [7, 11) is 1.82. The number of fused-ring (bicyclic) bond motifs is 2. The van der Waals surface area contributed by atoms with Gasteiger partial charge in [-0.1, -0.05) is 0 Å². The Morgan fingerprint density at radius 3 is 2.63 bits per heavy atom. The van der Waals surface area contributed by atoms with Gasteiger partial charge in [0.15, 0.2) is 0 Å². The Hall–Kier alpha value is -1.49. The van der Waals surface area contributed by atoms with Crippen LogP contribution in [0.4, 0.5) is 4.39 Å². The van der Waals surface area contributed by atoms with Gasteiger partial charge in [-0.3, -0.25) is 4.79 Å². The van der Waals surface area contributed by atoms with Gasteiger partial charge >= 0.3 is 0 Å². The van der Waals surface area contributed by atoms with Crippen molar-refractivity contribution >= 4 is 5.91 Å². The fourth-order valence-corrected chi connectivity index (χ4v) is 3.19. The van der Waals surface area contributed by atoms with Crippen molar-refractivity contribution in [2.24, 2.45) is 0 Å². The minimum atomic E-state index is -0.417. The van der Waals surface area contributed by atoms with Crippen molar-refractivity contribution in [3.05, 3.63) is 29.8 Å². The van der Waals surface area contributed by atoms with Crippen molar-refractivity contribution in [1.82, 2.24) is 15.2 Å². The van der Waals surface area contributed by atoms with Gasteiger partial charge in [0.25, 0.3) is 5.91 Å². The average Bonchev–Trinajstić information content (AvgIpc) is 2.76. The Morgan fingerprint density at radius 2 is 2.05 bits per heavy atom. The highest BCUT2D eigenvalue weighted by Gasteiger charge is 2.36. The number of halogens is 1. The van der Waals surface area contributed by atoms with Crippen molar-refractivity contribution in [2.75, 3.05) is 7.05 Å². The first kappa shape index (κ1) is 12.5. The number of hydrogen-bond acceptors (Lipinski definition) is 3. The number of nitrogens with one attached hydrogen (secondary N) is 1. The number of piperidine rings is 1. The van der Waals surface area contributed by atoms with Crippen LogP contribution >= 0.6 is 0 Å². The minimum absolute atomic E-state index is 0.119. The molecular formula is C14H18FN3O. The maximum absolute atomic E-state index is 12.8. The van der Waals surface area contributed by atoms with Crippen LogP contribution in [0, 0.1) is 5.82 Å². The fraction of sp³-hybridized carbons (Fsp3) is 0.571. The summed E-state index contributed by atoms with van der Waals surface area (Å²) in [6.45, 7) is 0. The molecule has 0 radical (unpaired) electrons. The quantitative estimate of drug-likeness (QED) is 0.881. The topological polar surface area (TPSA) is 45.2 Å². The lowest BCUT2D eigenvalue weighted by Gasteiger charge is -2.35. The molecule has 3 rings (SSSR count). The molecule has 2 aliphatic heterocycles. The van der Waals surface area contributed by atoms with Crippen LogP contribution < -0.4 is 5.32 Å². The first-order chi connectivity index (χ1) is 9.13. The van der Waals surface area contributed by atoms with Gasteiger partial charge in [0.05, 0.1) is 6.20 Å². The van der Waals surface area contributed by atoms with Gasteiger partial charge in [-0.2, -0.15) is 0 Å². The third kappa shape index (κ3) is 2.47. The SMILES string of the molecule is CN(C(=O)c1ccc(F)cn1)C1CC2CCC(C1)N2. The van der Waals surface area contributed by atoms with E-state index in [2.05, 4.69) is 10.3 Å². The normalized spacial score (nSPS) is 29.3. The molecule has 0 aliphatic carbocycles. The van der Waals surface area contributed by atoms with Crippen molar-refractivity contribution < 1.29 is 9.18 Å². The van der Waals surface area contributed by atoms with Gasteiger partial charge in [0.2, 0.25) is 0 Å². The molecule has 2 aliphatic rings. The molecule has 3 heterocycles. The first-order valence-corrected chi connectivity index (χ1v) is 6.78. The second-order valence-corrected chi connectivity index (χ2v) is 5.54. The number of pyridine rings is 1. The van der Waals surface area contributed by atoms with Gasteiger partial charge in [-0.25, -0.2) is 9.37 Å². The predicted octanol–water partition coefficient (Wildman–Crippen LogP) is 1.58. The zero-order valence-corrected chi connectivity index (χ0v) is 11.0. The third-order valence-corrected chi connectivity index (χ3v) is 4.26. The van der Waals surface area contributed by atoms with Crippen LogP contribution in [0.2, 0.25) is 0 Å². The van der Waals surface area contributed by atoms with Crippen LogP contribution in [-0.4, -0.2) is 41.0 Å². The lowest BCUT2D eigenvalue weighted by molar-refractivity contribution is 0.0675. The molecule has 0 spiro atoms. The van der Waals surface area contributed by atoms with Crippen molar-refractivity contribution in [3.63, 3.8) is 0 Å². The van der Waals surface area contributed by atoms with Crippen LogP contribution in [0.1, 0.15) is 36.2 Å². The lowest BCUT2D eigenvalue weighted by Crippen LogP contribution is -2.48. The summed E-state index contributed by atoms with van der Waals surface area (Å²) in [4.78, 5) is 17.9. The Kier molecular flexibility index (Phi) is 3.22. The zero-order chi connectivity index (χ0) is 13.4. The highest BCUT2D eigenvalue weighted by atomic mass is 19.1. The van der Waals surface area contributed by atoms with Crippen LogP contribution in [-0.2, 0) is 0 Å². The molecule has 1 N–H and O–H groups in total. The molecule has 2 bridgehead atoms. The summed E-state index contributed by atoms with van der Waals surface area (Å²) >= 11 is 0. The Balaban J connectivity index is 1.71. The molecule has 2 atom stereocenters. The summed E-state index contributed by atoms with van der Waals surface area (Å²) in [5, 5.41) is 3.56. The number of carbonyl (C=O) groups excluding carboxylic acids is 1. The van der Waals surface area contributed by atoms with Crippen LogP contribution in [0.25, 0.3) is 0 Å². The third-order valence-electron chi connectivity index (χ3n) is 4.26. The van der Waals surface area contributed by atoms with E-state index in [4.69, 9.17) is 0 Å². The van der Waals surface area contributed by atoms with Crippen LogP contribution in [0.5, 0.6) is 0 Å². The number of nitrogens with zero attached hydrogens (tertiary/aromatic N) is 2. The van der Waals surface area contributed by atoms with Crippen molar-refractivity contribution in [3.8, 4) is 0 Å². The van der Waals surface area contributed by atoms with E-state index in [9.17, 15) is 9.18 Å². The molecule has 1 aromatic rings. The Labute approximate surface area is 112 Å². The number of rotatable bonds is 2. The predicted molar refractivity (Wildman–Crippen MR) is 69.3 cm³/mol. The first-order valence-electron chi connectivity index (χ1n) is 6.78. The van der Waals surface area contributed by atoms with Gasteiger partial charge in [0.1, 0.15) is 11.5 Å². The van der Waals surface area contributed by atoms with Crippen LogP contribution in [0.15, 0.2) is 18.3 Å². The molecule has 1 aromatic heterocycles. The highest BCUT2D eigenvalue weighted by Crippen LogP contribution is 2.29. The monoisotopic (exact) mass is 263 g/mol. The van der Waals surface area contributed by atoms with E-state index in [1.807, 2.05) is 7.05 Å². The smallest absolute Gasteiger partial charge is 0.272 e. The molecule has 0 saturated carbocycles. The summed E-state index contributed by atoms with van der Waals surface area (Å²) in [5.41, 5.74) is 0.315. The van der Waals surface area contributed by atoms with E-state index in [-0.39, 0.29) is 11.9 Å². The van der Waals surface area contributed by atoms with Gasteiger partial charge in [-0.15, -0.1) is 0 Å². The van der Waals surface area contributed by atoms with E-state index in [1.54, 1.807) is 4.90 Å². The second kappa shape index (κ2) is 4.89. The highest BCUT2D eigenvalue weighted by molar-refractivity contribution is 5.92. The Bertz CT molecular complexity index is 464. The van der Waals surface area contributed by atoms with Gasteiger partial charge < -0.3 is 10.2 Å². The minimum Gasteiger partial charge on any atom is -0.337 e. The number of hydrogen-bond donors (Lipinski definition) is 1. The molecule has 19 heavy (non-hydrogen) atoms. The standard InChI is InChI=1S/C14H18FN3O/c1-18(12-6-10-3-4-11(7-12)17-10)14(19)13-5-2-9(15)8-16-13/h2,5,8,10-12,17H,3-4,6-7H2,1H3. The maximum Gasteiger partial charge on any atom is 0.272 e. The second-order valence-electron chi connectivity index (χ2n) is 5.54. The number of carbonyl (C=O) groups is 1. The average molecular weight is 263 g/mol. The molecular weight excluding hydrogens is 245 g/mol. The van der Waals surface area contributed by atoms with Crippen LogP contribution in [0.3, 0.4) is 0 Å². The molecule has 0 aromatic carbocycles. The summed E-state index contributed by atoms with van der Waals surface area (Å²) in [6.07, 6.45) is 5.50. The van der Waals surface area contributed by atoms with E-state index < -0.39 is 5.82 Å². The Morgan fingerprint density at radius 1 is 1.37 bits per heavy atom. The number of amides is 1. The zero-order valence-electron chi connectivity index (χ0n) is 11.0. The van der Waals surface area contributed by atoms with Crippen molar-refractivity contribution in [1.29, 1.82) is 0 Å². The molecule has 102 valence electrons.